The Bertz CT molecular complexity index is 533. The first kappa shape index (κ1) is 14.9. The molecule has 4 heteroatoms. The molecule has 0 bridgehead atoms. The molecule has 2 rings (SSSR count). The molecule has 2 N–H and O–H groups in total. The van der Waals surface area contributed by atoms with Gasteiger partial charge in [-0.3, -0.25) is 4.98 Å². The highest BCUT2D eigenvalue weighted by molar-refractivity contribution is 7.99. The van der Waals surface area contributed by atoms with E-state index in [9.17, 15) is 0 Å². The highest BCUT2D eigenvalue weighted by atomic mass is 32.2. The molecular weight excluding hydrogens is 268 g/mol. The summed E-state index contributed by atoms with van der Waals surface area (Å²) in [4.78, 5) is 5.22. The molecule has 0 saturated heterocycles. The van der Waals surface area contributed by atoms with Crippen LogP contribution in [-0.2, 0) is 0 Å². The number of thioether (sulfide) groups is 1. The van der Waals surface area contributed by atoms with Gasteiger partial charge in [0.15, 0.2) is 0 Å². The molecule has 20 heavy (non-hydrogen) atoms. The smallest absolute Gasteiger partial charge is 0.123 e. The minimum absolute atomic E-state index is 0.0736. The van der Waals surface area contributed by atoms with Crippen LogP contribution in [0, 0.1) is 0 Å². The van der Waals surface area contributed by atoms with E-state index in [1.54, 1.807) is 31.3 Å². The normalized spacial score (nSPS) is 13.8. The number of pyridine rings is 1. The topological polar surface area (TPSA) is 48.1 Å². The number of benzene rings is 1. The van der Waals surface area contributed by atoms with Crippen molar-refractivity contribution in [2.75, 3.05) is 7.11 Å². The maximum absolute atomic E-state index is 6.33. The Balaban J connectivity index is 2.32. The molecule has 1 aromatic heterocycles. The molecular formula is C16H20N2OS. The van der Waals surface area contributed by atoms with Crippen molar-refractivity contribution in [2.24, 2.45) is 5.73 Å². The first-order valence-electron chi connectivity index (χ1n) is 6.71. The molecule has 0 aliphatic heterocycles. The van der Waals surface area contributed by atoms with E-state index in [0.29, 0.717) is 0 Å². The SMILES string of the molecule is CCC(N)C(Sc1ccncc1)c1ccccc1OC. The molecule has 0 amide bonds. The number of hydrogen-bond acceptors (Lipinski definition) is 4. The summed E-state index contributed by atoms with van der Waals surface area (Å²) in [5.41, 5.74) is 7.47. The number of hydrogen-bond donors (Lipinski definition) is 1. The molecule has 1 aromatic carbocycles. The Kier molecular flexibility index (Phi) is 5.44. The fraction of sp³-hybridized carbons (Fsp3) is 0.312. The summed E-state index contributed by atoms with van der Waals surface area (Å²) in [6, 6.07) is 12.2. The number of ether oxygens (including phenoxy) is 1. The van der Waals surface area contributed by atoms with E-state index in [0.717, 1.165) is 17.7 Å². The lowest BCUT2D eigenvalue weighted by Gasteiger charge is -2.24. The lowest BCUT2D eigenvalue weighted by atomic mass is 10.0. The van der Waals surface area contributed by atoms with Crippen molar-refractivity contribution in [3.8, 4) is 5.75 Å². The van der Waals surface area contributed by atoms with E-state index in [1.165, 1.54) is 4.90 Å². The first-order chi connectivity index (χ1) is 9.76. The van der Waals surface area contributed by atoms with Crippen LogP contribution in [0.5, 0.6) is 5.75 Å². The van der Waals surface area contributed by atoms with Crippen molar-refractivity contribution < 1.29 is 4.74 Å². The number of nitrogens with zero attached hydrogens (tertiary/aromatic N) is 1. The molecule has 1 heterocycles. The Morgan fingerprint density at radius 1 is 1.20 bits per heavy atom. The van der Waals surface area contributed by atoms with Crippen molar-refractivity contribution in [3.05, 3.63) is 54.4 Å². The van der Waals surface area contributed by atoms with Crippen molar-refractivity contribution in [1.82, 2.24) is 4.98 Å². The number of para-hydroxylation sites is 1. The summed E-state index contributed by atoms with van der Waals surface area (Å²) in [6.45, 7) is 2.11. The third-order valence-corrected chi connectivity index (χ3v) is 4.62. The van der Waals surface area contributed by atoms with Gasteiger partial charge >= 0.3 is 0 Å². The van der Waals surface area contributed by atoms with Crippen LogP contribution in [-0.4, -0.2) is 18.1 Å². The third-order valence-electron chi connectivity index (χ3n) is 3.22. The quantitative estimate of drug-likeness (QED) is 0.824. The van der Waals surface area contributed by atoms with Gasteiger partial charge in [0.25, 0.3) is 0 Å². The van der Waals surface area contributed by atoms with E-state index < -0.39 is 0 Å². The Morgan fingerprint density at radius 3 is 2.55 bits per heavy atom. The molecule has 0 saturated carbocycles. The predicted molar refractivity (Wildman–Crippen MR) is 84.1 cm³/mol. The number of aromatic nitrogens is 1. The standard InChI is InChI=1S/C16H20N2OS/c1-3-14(17)16(20-12-8-10-18-11-9-12)13-6-4-5-7-15(13)19-2/h4-11,14,16H,3,17H2,1-2H3. The summed E-state index contributed by atoms with van der Waals surface area (Å²) >= 11 is 1.76. The van der Waals surface area contributed by atoms with Gasteiger partial charge in [0.1, 0.15) is 5.75 Å². The minimum atomic E-state index is 0.0736. The molecule has 0 spiro atoms. The van der Waals surface area contributed by atoms with Crippen LogP contribution >= 0.6 is 11.8 Å². The summed E-state index contributed by atoms with van der Waals surface area (Å²) in [5.74, 6) is 0.892. The fourth-order valence-corrected chi connectivity index (χ4v) is 3.32. The third kappa shape index (κ3) is 3.52. The summed E-state index contributed by atoms with van der Waals surface area (Å²) in [7, 11) is 1.70. The van der Waals surface area contributed by atoms with Crippen LogP contribution in [0.2, 0.25) is 0 Å². The summed E-state index contributed by atoms with van der Waals surface area (Å²) in [6.07, 6.45) is 4.53. The van der Waals surface area contributed by atoms with E-state index in [4.69, 9.17) is 10.5 Å². The second-order valence-electron chi connectivity index (χ2n) is 4.54. The highest BCUT2D eigenvalue weighted by Crippen LogP contribution is 2.41. The molecule has 3 nitrogen and oxygen atoms in total. The van der Waals surface area contributed by atoms with Gasteiger partial charge in [0, 0.05) is 28.9 Å². The first-order valence-corrected chi connectivity index (χ1v) is 7.59. The van der Waals surface area contributed by atoms with Crippen LogP contribution in [0.4, 0.5) is 0 Å². The van der Waals surface area contributed by atoms with Gasteiger partial charge in [-0.05, 0) is 24.6 Å². The van der Waals surface area contributed by atoms with Crippen LogP contribution in [0.25, 0.3) is 0 Å². The molecule has 2 atom stereocenters. The van der Waals surface area contributed by atoms with Crippen LogP contribution in [0.3, 0.4) is 0 Å². The Hall–Kier alpha value is -1.52. The van der Waals surface area contributed by atoms with E-state index in [2.05, 4.69) is 18.0 Å². The molecule has 2 unspecified atom stereocenters. The minimum Gasteiger partial charge on any atom is -0.496 e. The van der Waals surface area contributed by atoms with Crippen LogP contribution in [0.15, 0.2) is 53.7 Å². The molecule has 0 aliphatic carbocycles. The van der Waals surface area contributed by atoms with Crippen molar-refractivity contribution in [1.29, 1.82) is 0 Å². The average molecular weight is 288 g/mol. The van der Waals surface area contributed by atoms with Gasteiger partial charge in [-0.15, -0.1) is 11.8 Å². The van der Waals surface area contributed by atoms with Crippen molar-refractivity contribution >= 4 is 11.8 Å². The zero-order chi connectivity index (χ0) is 14.4. The fourth-order valence-electron chi connectivity index (χ4n) is 2.06. The largest absolute Gasteiger partial charge is 0.496 e. The number of rotatable bonds is 6. The average Bonchev–Trinajstić information content (AvgIpc) is 2.53. The van der Waals surface area contributed by atoms with Gasteiger partial charge < -0.3 is 10.5 Å². The Labute approximate surface area is 124 Å². The molecule has 0 fully saturated rings. The monoisotopic (exact) mass is 288 g/mol. The molecule has 0 aliphatic rings. The number of nitrogens with two attached hydrogens (primary N) is 1. The Morgan fingerprint density at radius 2 is 1.90 bits per heavy atom. The molecule has 106 valence electrons. The van der Waals surface area contributed by atoms with Crippen molar-refractivity contribution in [2.45, 2.75) is 29.5 Å². The lowest BCUT2D eigenvalue weighted by Crippen LogP contribution is -2.26. The lowest BCUT2D eigenvalue weighted by molar-refractivity contribution is 0.407. The van der Waals surface area contributed by atoms with Gasteiger partial charge in [0.2, 0.25) is 0 Å². The highest BCUT2D eigenvalue weighted by Gasteiger charge is 2.22. The van der Waals surface area contributed by atoms with Gasteiger partial charge in [0.05, 0.1) is 12.4 Å². The van der Waals surface area contributed by atoms with Gasteiger partial charge in [-0.1, -0.05) is 25.1 Å². The van der Waals surface area contributed by atoms with Crippen LogP contribution < -0.4 is 10.5 Å². The maximum atomic E-state index is 6.33. The zero-order valence-electron chi connectivity index (χ0n) is 11.8. The maximum Gasteiger partial charge on any atom is 0.123 e. The van der Waals surface area contributed by atoms with E-state index in [-0.39, 0.29) is 11.3 Å². The molecule has 2 aromatic rings. The number of methoxy groups -OCH3 is 1. The van der Waals surface area contributed by atoms with Crippen molar-refractivity contribution in [3.63, 3.8) is 0 Å². The van der Waals surface area contributed by atoms with Gasteiger partial charge in [-0.2, -0.15) is 0 Å². The molecule has 0 radical (unpaired) electrons. The zero-order valence-corrected chi connectivity index (χ0v) is 12.6. The second kappa shape index (κ2) is 7.31. The van der Waals surface area contributed by atoms with Crippen LogP contribution in [0.1, 0.15) is 24.2 Å². The predicted octanol–water partition coefficient (Wildman–Crippen LogP) is 3.66. The van der Waals surface area contributed by atoms with Gasteiger partial charge in [-0.25, -0.2) is 0 Å². The van der Waals surface area contributed by atoms with E-state index >= 15 is 0 Å². The summed E-state index contributed by atoms with van der Waals surface area (Å²) < 4.78 is 5.48. The van der Waals surface area contributed by atoms with E-state index in [1.807, 2.05) is 30.3 Å². The second-order valence-corrected chi connectivity index (χ2v) is 5.75. The summed E-state index contributed by atoms with van der Waals surface area (Å²) in [5, 5.41) is 0.165.